The van der Waals surface area contributed by atoms with Crippen LogP contribution in [0.15, 0.2) is 24.0 Å². The molecule has 2 rings (SSSR count). The van der Waals surface area contributed by atoms with Gasteiger partial charge in [0.05, 0.1) is 34.0 Å². The van der Waals surface area contributed by atoms with Gasteiger partial charge in [-0.3, -0.25) is 0 Å². The smallest absolute Gasteiger partial charge is 0.164 e. The van der Waals surface area contributed by atoms with E-state index in [9.17, 15) is 0 Å². The summed E-state index contributed by atoms with van der Waals surface area (Å²) in [4.78, 5) is 0. The summed E-state index contributed by atoms with van der Waals surface area (Å²) in [5, 5.41) is 0. The number of hydrogen-bond acceptors (Lipinski definition) is 5. The zero-order chi connectivity index (χ0) is 14.5. The highest BCUT2D eigenvalue weighted by molar-refractivity contribution is 5.53. The molecule has 5 nitrogen and oxygen atoms in total. The summed E-state index contributed by atoms with van der Waals surface area (Å²) in [6.07, 6.45) is 4.04. The number of benzene rings is 1. The Bertz CT molecular complexity index is 499. The molecule has 1 aromatic rings. The lowest BCUT2D eigenvalue weighted by molar-refractivity contribution is 0.175. The summed E-state index contributed by atoms with van der Waals surface area (Å²) in [6, 6.07) is 3.24. The molecule has 1 aromatic carbocycles. The first-order chi connectivity index (χ1) is 9.71. The Kier molecular flexibility index (Phi) is 4.74. The van der Waals surface area contributed by atoms with Crippen LogP contribution >= 0.6 is 0 Å². The molecule has 0 radical (unpaired) electrons. The molecular weight excluding hydrogens is 258 g/mol. The molecule has 0 amide bonds. The molecule has 20 heavy (non-hydrogen) atoms. The van der Waals surface area contributed by atoms with Crippen LogP contribution in [0.4, 0.5) is 0 Å². The van der Waals surface area contributed by atoms with Crippen LogP contribution in [0.5, 0.6) is 17.2 Å². The Hall–Kier alpha value is -1.88. The van der Waals surface area contributed by atoms with Crippen molar-refractivity contribution in [2.45, 2.75) is 18.9 Å². The molecule has 110 valence electrons. The Labute approximate surface area is 119 Å². The first-order valence-electron chi connectivity index (χ1n) is 6.59. The molecule has 0 aromatic heterocycles. The van der Waals surface area contributed by atoms with Crippen LogP contribution in [-0.2, 0) is 4.74 Å². The zero-order valence-electron chi connectivity index (χ0n) is 12.1. The van der Waals surface area contributed by atoms with Gasteiger partial charge in [-0.1, -0.05) is 0 Å². The van der Waals surface area contributed by atoms with E-state index in [0.29, 0.717) is 23.9 Å². The van der Waals surface area contributed by atoms with Crippen LogP contribution in [-0.4, -0.2) is 27.9 Å². The van der Waals surface area contributed by atoms with Crippen LogP contribution in [0, 0.1) is 0 Å². The van der Waals surface area contributed by atoms with Gasteiger partial charge in [-0.05, 0) is 25.0 Å². The molecule has 1 aliphatic heterocycles. The fourth-order valence-electron chi connectivity index (χ4n) is 2.24. The summed E-state index contributed by atoms with van der Waals surface area (Å²) >= 11 is 0. The summed E-state index contributed by atoms with van der Waals surface area (Å²) in [5.74, 6) is 2.67. The van der Waals surface area contributed by atoms with E-state index < -0.39 is 0 Å². The minimum atomic E-state index is -0.370. The second kappa shape index (κ2) is 6.52. The van der Waals surface area contributed by atoms with E-state index in [-0.39, 0.29) is 6.04 Å². The van der Waals surface area contributed by atoms with Crippen molar-refractivity contribution in [1.82, 2.24) is 0 Å². The third-order valence-corrected chi connectivity index (χ3v) is 3.34. The minimum Gasteiger partial charge on any atom is -0.496 e. The van der Waals surface area contributed by atoms with Gasteiger partial charge in [0.25, 0.3) is 0 Å². The normalized spacial score (nSPS) is 15.9. The first kappa shape index (κ1) is 14.5. The summed E-state index contributed by atoms with van der Waals surface area (Å²) in [6.45, 7) is 0.704. The number of ether oxygens (including phenoxy) is 4. The van der Waals surface area contributed by atoms with Crippen molar-refractivity contribution in [1.29, 1.82) is 0 Å². The number of rotatable bonds is 5. The molecule has 1 aliphatic rings. The predicted molar refractivity (Wildman–Crippen MR) is 76.3 cm³/mol. The van der Waals surface area contributed by atoms with E-state index in [1.165, 1.54) is 0 Å². The number of hydrogen-bond donors (Lipinski definition) is 1. The number of allylic oxidation sites excluding steroid dienone is 1. The zero-order valence-corrected chi connectivity index (χ0v) is 12.1. The third kappa shape index (κ3) is 2.82. The molecule has 0 saturated heterocycles. The van der Waals surface area contributed by atoms with Gasteiger partial charge in [0.1, 0.15) is 11.5 Å². The molecule has 0 aliphatic carbocycles. The fourth-order valence-corrected chi connectivity index (χ4v) is 2.24. The average molecular weight is 279 g/mol. The van der Waals surface area contributed by atoms with E-state index in [2.05, 4.69) is 0 Å². The predicted octanol–water partition coefficient (Wildman–Crippen LogP) is 2.41. The largest absolute Gasteiger partial charge is 0.496 e. The molecule has 1 unspecified atom stereocenters. The first-order valence-corrected chi connectivity index (χ1v) is 6.59. The highest BCUT2D eigenvalue weighted by Crippen LogP contribution is 2.39. The lowest BCUT2D eigenvalue weighted by Gasteiger charge is -2.23. The van der Waals surface area contributed by atoms with Crippen molar-refractivity contribution < 1.29 is 18.9 Å². The van der Waals surface area contributed by atoms with Gasteiger partial charge in [-0.15, -0.1) is 0 Å². The van der Waals surface area contributed by atoms with E-state index in [0.717, 1.165) is 24.2 Å². The van der Waals surface area contributed by atoms with Crippen LogP contribution in [0.3, 0.4) is 0 Å². The third-order valence-electron chi connectivity index (χ3n) is 3.34. The molecule has 2 N–H and O–H groups in total. The van der Waals surface area contributed by atoms with Crippen molar-refractivity contribution in [3.8, 4) is 17.2 Å². The summed E-state index contributed by atoms with van der Waals surface area (Å²) in [5.41, 5.74) is 7.11. The molecule has 0 spiro atoms. The van der Waals surface area contributed by atoms with Crippen molar-refractivity contribution in [3.63, 3.8) is 0 Å². The van der Waals surface area contributed by atoms with E-state index in [1.54, 1.807) is 27.4 Å². The average Bonchev–Trinajstić information content (AvgIpc) is 2.53. The molecule has 0 bridgehead atoms. The SMILES string of the molecule is COc1cc(OC)c(C(N)C2=CCCCO2)cc1OC. The van der Waals surface area contributed by atoms with Gasteiger partial charge >= 0.3 is 0 Å². The second-order valence-electron chi connectivity index (χ2n) is 4.52. The van der Waals surface area contributed by atoms with Crippen LogP contribution < -0.4 is 19.9 Å². The van der Waals surface area contributed by atoms with E-state index >= 15 is 0 Å². The number of methoxy groups -OCH3 is 3. The Morgan fingerprint density at radius 2 is 1.70 bits per heavy atom. The molecule has 1 atom stereocenters. The minimum absolute atomic E-state index is 0.370. The molecule has 5 heteroatoms. The monoisotopic (exact) mass is 279 g/mol. The maximum absolute atomic E-state index is 6.29. The Morgan fingerprint density at radius 1 is 1.05 bits per heavy atom. The van der Waals surface area contributed by atoms with Gasteiger partial charge < -0.3 is 24.7 Å². The maximum Gasteiger partial charge on any atom is 0.164 e. The topological polar surface area (TPSA) is 62.9 Å². The lowest BCUT2D eigenvalue weighted by atomic mass is 10.0. The Balaban J connectivity index is 2.40. The van der Waals surface area contributed by atoms with Crippen molar-refractivity contribution in [2.24, 2.45) is 5.73 Å². The molecule has 0 saturated carbocycles. The summed E-state index contributed by atoms with van der Waals surface area (Å²) in [7, 11) is 4.78. The fraction of sp³-hybridized carbons (Fsp3) is 0.467. The highest BCUT2D eigenvalue weighted by Gasteiger charge is 2.22. The summed E-state index contributed by atoms with van der Waals surface area (Å²) < 4.78 is 21.6. The van der Waals surface area contributed by atoms with Crippen molar-refractivity contribution in [2.75, 3.05) is 27.9 Å². The van der Waals surface area contributed by atoms with Gasteiger partial charge in [0, 0.05) is 11.6 Å². The molecule has 1 heterocycles. The van der Waals surface area contributed by atoms with Crippen LogP contribution in [0.2, 0.25) is 0 Å². The van der Waals surface area contributed by atoms with Gasteiger partial charge in [0.2, 0.25) is 0 Å². The second-order valence-corrected chi connectivity index (χ2v) is 4.52. The van der Waals surface area contributed by atoms with E-state index in [1.807, 2.05) is 12.1 Å². The number of nitrogens with two attached hydrogens (primary N) is 1. The van der Waals surface area contributed by atoms with Crippen LogP contribution in [0.25, 0.3) is 0 Å². The van der Waals surface area contributed by atoms with E-state index in [4.69, 9.17) is 24.7 Å². The van der Waals surface area contributed by atoms with Gasteiger partial charge in [-0.25, -0.2) is 0 Å². The van der Waals surface area contributed by atoms with Crippen molar-refractivity contribution >= 4 is 0 Å². The van der Waals surface area contributed by atoms with Gasteiger partial charge in [-0.2, -0.15) is 0 Å². The molecule has 0 fully saturated rings. The van der Waals surface area contributed by atoms with Gasteiger partial charge in [0.15, 0.2) is 11.5 Å². The Morgan fingerprint density at radius 3 is 2.25 bits per heavy atom. The lowest BCUT2D eigenvalue weighted by Crippen LogP contribution is -2.18. The standard InChI is InChI=1S/C15H21NO4/c1-17-12-9-14(19-3)13(18-2)8-10(12)15(16)11-6-4-5-7-20-11/h6,8-9,15H,4-5,7,16H2,1-3H3. The van der Waals surface area contributed by atoms with Crippen molar-refractivity contribution in [3.05, 3.63) is 29.5 Å². The van der Waals surface area contributed by atoms with Crippen LogP contribution in [0.1, 0.15) is 24.4 Å². The highest BCUT2D eigenvalue weighted by atomic mass is 16.5. The maximum atomic E-state index is 6.29. The molecular formula is C15H21NO4. The quantitative estimate of drug-likeness (QED) is 0.896.